The number of piperidine rings is 1. The summed E-state index contributed by atoms with van der Waals surface area (Å²) in [6.45, 7) is 6.61. The van der Waals surface area contributed by atoms with Crippen molar-refractivity contribution in [2.45, 2.75) is 33.1 Å². The fourth-order valence-electron chi connectivity index (χ4n) is 2.54. The number of amides is 1. The summed E-state index contributed by atoms with van der Waals surface area (Å²) in [5.41, 5.74) is 0. The Morgan fingerprint density at radius 2 is 1.95 bits per heavy atom. The summed E-state index contributed by atoms with van der Waals surface area (Å²) in [7, 11) is 0. The number of para-hydroxylation sites is 1. The summed E-state index contributed by atoms with van der Waals surface area (Å²) in [6, 6.07) is 9.94. The molecule has 1 aromatic rings. The smallest absolute Gasteiger partial charge is 0.225 e. The van der Waals surface area contributed by atoms with E-state index in [1.807, 2.05) is 42.2 Å². The Morgan fingerprint density at radius 1 is 1.30 bits per heavy atom. The summed E-state index contributed by atoms with van der Waals surface area (Å²) >= 11 is 0. The number of carbonyl (C=O) groups excluding carboxylic acids is 1. The third-order valence-corrected chi connectivity index (χ3v) is 4.19. The SMILES string of the molecule is CC[C@H](C)C(=O)N1CCC(COc2ccccc2)CC1. The molecular weight excluding hydrogens is 250 g/mol. The van der Waals surface area contributed by atoms with Crippen LogP contribution in [-0.4, -0.2) is 30.5 Å². The molecule has 1 heterocycles. The topological polar surface area (TPSA) is 29.5 Å². The van der Waals surface area contributed by atoms with Crippen LogP contribution in [-0.2, 0) is 4.79 Å². The second-order valence-corrected chi connectivity index (χ2v) is 5.70. The van der Waals surface area contributed by atoms with E-state index >= 15 is 0 Å². The lowest BCUT2D eigenvalue weighted by Crippen LogP contribution is -2.42. The van der Waals surface area contributed by atoms with Gasteiger partial charge in [-0.25, -0.2) is 0 Å². The molecule has 0 saturated carbocycles. The average Bonchev–Trinajstić information content (AvgIpc) is 2.53. The molecule has 0 aromatic heterocycles. The van der Waals surface area contributed by atoms with Crippen LogP contribution in [0.3, 0.4) is 0 Å². The first-order valence-corrected chi connectivity index (χ1v) is 7.67. The van der Waals surface area contributed by atoms with Crippen LogP contribution in [0.2, 0.25) is 0 Å². The van der Waals surface area contributed by atoms with Gasteiger partial charge in [-0.3, -0.25) is 4.79 Å². The zero-order valence-corrected chi connectivity index (χ0v) is 12.5. The Bertz CT molecular complexity index is 410. The molecule has 110 valence electrons. The number of hydrogen-bond donors (Lipinski definition) is 0. The minimum Gasteiger partial charge on any atom is -0.493 e. The van der Waals surface area contributed by atoms with Gasteiger partial charge in [-0.05, 0) is 37.3 Å². The normalized spacial score (nSPS) is 17.8. The summed E-state index contributed by atoms with van der Waals surface area (Å²) in [4.78, 5) is 14.1. The van der Waals surface area contributed by atoms with E-state index in [2.05, 4.69) is 6.92 Å². The fraction of sp³-hybridized carbons (Fsp3) is 0.588. The summed E-state index contributed by atoms with van der Waals surface area (Å²) in [5.74, 6) is 1.98. The number of ether oxygens (including phenoxy) is 1. The highest BCUT2D eigenvalue weighted by Crippen LogP contribution is 2.21. The van der Waals surface area contributed by atoms with Crippen molar-refractivity contribution in [3.63, 3.8) is 0 Å². The molecule has 1 aliphatic heterocycles. The minimum absolute atomic E-state index is 0.159. The zero-order valence-electron chi connectivity index (χ0n) is 12.5. The molecule has 2 rings (SSSR count). The summed E-state index contributed by atoms with van der Waals surface area (Å²) in [6.07, 6.45) is 3.03. The number of nitrogens with zero attached hydrogens (tertiary/aromatic N) is 1. The lowest BCUT2D eigenvalue weighted by molar-refractivity contribution is -0.136. The number of benzene rings is 1. The van der Waals surface area contributed by atoms with Crippen molar-refractivity contribution in [1.82, 2.24) is 4.90 Å². The van der Waals surface area contributed by atoms with Crippen LogP contribution in [0.15, 0.2) is 30.3 Å². The van der Waals surface area contributed by atoms with Crippen LogP contribution < -0.4 is 4.74 Å². The van der Waals surface area contributed by atoms with Crippen LogP contribution in [0, 0.1) is 11.8 Å². The van der Waals surface area contributed by atoms with Gasteiger partial charge in [0.2, 0.25) is 5.91 Å². The molecule has 1 aromatic carbocycles. The molecule has 1 saturated heterocycles. The first-order valence-electron chi connectivity index (χ1n) is 7.67. The molecule has 1 aliphatic rings. The van der Waals surface area contributed by atoms with E-state index in [0.29, 0.717) is 11.8 Å². The Kier molecular flexibility index (Phi) is 5.45. The van der Waals surface area contributed by atoms with Crippen LogP contribution in [0.1, 0.15) is 33.1 Å². The quantitative estimate of drug-likeness (QED) is 0.824. The second kappa shape index (κ2) is 7.32. The summed E-state index contributed by atoms with van der Waals surface area (Å²) in [5, 5.41) is 0. The summed E-state index contributed by atoms with van der Waals surface area (Å²) < 4.78 is 5.81. The predicted molar refractivity (Wildman–Crippen MR) is 80.7 cm³/mol. The van der Waals surface area contributed by atoms with Gasteiger partial charge in [-0.15, -0.1) is 0 Å². The maximum Gasteiger partial charge on any atom is 0.225 e. The van der Waals surface area contributed by atoms with Gasteiger partial charge in [-0.2, -0.15) is 0 Å². The third-order valence-electron chi connectivity index (χ3n) is 4.19. The van der Waals surface area contributed by atoms with Gasteiger partial charge >= 0.3 is 0 Å². The molecule has 0 N–H and O–H groups in total. The molecule has 3 heteroatoms. The van der Waals surface area contributed by atoms with Gasteiger partial charge in [0.1, 0.15) is 5.75 Å². The molecule has 1 fully saturated rings. The van der Waals surface area contributed by atoms with Crippen molar-refractivity contribution in [2.75, 3.05) is 19.7 Å². The predicted octanol–water partition coefficient (Wildman–Crippen LogP) is 3.35. The van der Waals surface area contributed by atoms with Gasteiger partial charge < -0.3 is 9.64 Å². The molecular formula is C17H25NO2. The van der Waals surface area contributed by atoms with Gasteiger partial charge in [0.15, 0.2) is 0 Å². The monoisotopic (exact) mass is 275 g/mol. The Hall–Kier alpha value is -1.51. The second-order valence-electron chi connectivity index (χ2n) is 5.70. The largest absolute Gasteiger partial charge is 0.493 e. The Balaban J connectivity index is 1.73. The maximum absolute atomic E-state index is 12.1. The van der Waals surface area contributed by atoms with Crippen molar-refractivity contribution in [2.24, 2.45) is 11.8 Å². The van der Waals surface area contributed by atoms with Crippen molar-refractivity contribution in [1.29, 1.82) is 0 Å². The molecule has 0 bridgehead atoms. The Morgan fingerprint density at radius 3 is 2.55 bits per heavy atom. The highest BCUT2D eigenvalue weighted by Gasteiger charge is 2.25. The highest BCUT2D eigenvalue weighted by atomic mass is 16.5. The van der Waals surface area contributed by atoms with Crippen LogP contribution >= 0.6 is 0 Å². The van der Waals surface area contributed by atoms with Crippen molar-refractivity contribution in [3.05, 3.63) is 30.3 Å². The molecule has 0 spiro atoms. The van der Waals surface area contributed by atoms with E-state index in [9.17, 15) is 4.79 Å². The third kappa shape index (κ3) is 3.99. The van der Waals surface area contributed by atoms with Crippen LogP contribution in [0.5, 0.6) is 5.75 Å². The maximum atomic E-state index is 12.1. The van der Waals surface area contributed by atoms with E-state index in [1.54, 1.807) is 0 Å². The number of hydrogen-bond acceptors (Lipinski definition) is 2. The molecule has 1 atom stereocenters. The lowest BCUT2D eigenvalue weighted by Gasteiger charge is -2.33. The molecule has 3 nitrogen and oxygen atoms in total. The fourth-order valence-corrected chi connectivity index (χ4v) is 2.54. The zero-order chi connectivity index (χ0) is 14.4. The molecule has 0 radical (unpaired) electrons. The molecule has 0 unspecified atom stereocenters. The molecule has 1 amide bonds. The highest BCUT2D eigenvalue weighted by molar-refractivity contribution is 5.78. The van der Waals surface area contributed by atoms with Crippen molar-refractivity contribution < 1.29 is 9.53 Å². The van der Waals surface area contributed by atoms with E-state index < -0.39 is 0 Å². The van der Waals surface area contributed by atoms with Crippen molar-refractivity contribution >= 4 is 5.91 Å². The standard InChI is InChI=1S/C17H25NO2/c1-3-14(2)17(19)18-11-9-15(10-12-18)13-20-16-7-5-4-6-8-16/h4-8,14-15H,3,9-13H2,1-2H3/t14-/m0/s1. The van der Waals surface area contributed by atoms with Crippen LogP contribution in [0.25, 0.3) is 0 Å². The number of carbonyl (C=O) groups is 1. The van der Waals surface area contributed by atoms with E-state index in [-0.39, 0.29) is 5.92 Å². The Labute approximate surface area is 121 Å². The van der Waals surface area contributed by atoms with E-state index in [4.69, 9.17) is 4.74 Å². The van der Waals surface area contributed by atoms with Gasteiger partial charge in [-0.1, -0.05) is 32.0 Å². The van der Waals surface area contributed by atoms with Gasteiger partial charge in [0, 0.05) is 19.0 Å². The molecule has 0 aliphatic carbocycles. The minimum atomic E-state index is 0.159. The van der Waals surface area contributed by atoms with Gasteiger partial charge in [0.05, 0.1) is 6.61 Å². The lowest BCUT2D eigenvalue weighted by atomic mass is 9.96. The molecule has 20 heavy (non-hydrogen) atoms. The number of rotatable bonds is 5. The van der Waals surface area contributed by atoms with Gasteiger partial charge in [0.25, 0.3) is 0 Å². The number of likely N-dealkylation sites (tertiary alicyclic amines) is 1. The first kappa shape index (κ1) is 14.9. The van der Waals surface area contributed by atoms with Crippen LogP contribution in [0.4, 0.5) is 0 Å². The average molecular weight is 275 g/mol. The van der Waals surface area contributed by atoms with Crippen molar-refractivity contribution in [3.8, 4) is 5.75 Å². The van der Waals surface area contributed by atoms with E-state index in [0.717, 1.165) is 44.7 Å². The first-order chi connectivity index (χ1) is 9.70. The van der Waals surface area contributed by atoms with E-state index in [1.165, 1.54) is 0 Å².